The number of nitrogens with zero attached hydrogens (tertiary/aromatic N) is 6. The van der Waals surface area contributed by atoms with Crippen LogP contribution in [0.3, 0.4) is 0 Å². The summed E-state index contributed by atoms with van der Waals surface area (Å²) in [6.45, 7) is 4.56. The molecule has 0 spiro atoms. The third-order valence-electron chi connectivity index (χ3n) is 6.32. The van der Waals surface area contributed by atoms with Crippen molar-refractivity contribution in [3.05, 3.63) is 81.7 Å². The fourth-order valence-corrected chi connectivity index (χ4v) is 4.67. The minimum atomic E-state index is -0.355. The molecule has 0 atom stereocenters. The Bertz CT molecular complexity index is 1440. The monoisotopic (exact) mass is 494 g/mol. The second kappa shape index (κ2) is 9.50. The van der Waals surface area contributed by atoms with Crippen LogP contribution in [-0.4, -0.2) is 56.3 Å². The van der Waals surface area contributed by atoms with E-state index in [1.165, 1.54) is 27.6 Å². The number of aromatic nitrogens is 4. The summed E-state index contributed by atoms with van der Waals surface area (Å²) in [6.07, 6.45) is 1.66. The van der Waals surface area contributed by atoms with E-state index in [1.807, 2.05) is 29.2 Å². The molecule has 0 bridgehead atoms. The highest BCUT2D eigenvalue weighted by Gasteiger charge is 2.23. The Morgan fingerprint density at radius 3 is 2.49 bits per heavy atom. The number of rotatable bonds is 5. The molecule has 180 valence electrons. The third-order valence-corrected chi connectivity index (χ3v) is 6.64. The predicted molar refractivity (Wildman–Crippen MR) is 133 cm³/mol. The fourth-order valence-electron chi connectivity index (χ4n) is 4.41. The van der Waals surface area contributed by atoms with Crippen molar-refractivity contribution in [2.45, 2.75) is 19.9 Å². The average molecular weight is 495 g/mol. The molecule has 5 rings (SSSR count). The zero-order chi connectivity index (χ0) is 24.5. The lowest BCUT2D eigenvalue weighted by Gasteiger charge is -2.36. The summed E-state index contributed by atoms with van der Waals surface area (Å²) >= 11 is 6.31. The Balaban J connectivity index is 1.27. The number of piperazine rings is 1. The van der Waals surface area contributed by atoms with Crippen molar-refractivity contribution in [3.8, 4) is 5.69 Å². The fraction of sp³-hybridized carbons (Fsp3) is 0.280. The van der Waals surface area contributed by atoms with Gasteiger partial charge in [-0.1, -0.05) is 23.7 Å². The summed E-state index contributed by atoms with van der Waals surface area (Å²) in [5.74, 6) is 0.131. The van der Waals surface area contributed by atoms with Crippen molar-refractivity contribution in [3.63, 3.8) is 0 Å². The molecule has 1 amide bonds. The molecule has 0 unspecified atom stereocenters. The summed E-state index contributed by atoms with van der Waals surface area (Å²) in [4.78, 5) is 34.6. The molecule has 0 radical (unpaired) electrons. The van der Waals surface area contributed by atoms with Crippen LogP contribution in [0.2, 0.25) is 5.02 Å². The van der Waals surface area contributed by atoms with Gasteiger partial charge < -0.3 is 9.80 Å². The van der Waals surface area contributed by atoms with Crippen LogP contribution in [-0.2, 0) is 11.3 Å². The number of benzene rings is 2. The molecular weight excluding hydrogens is 471 g/mol. The van der Waals surface area contributed by atoms with Crippen LogP contribution in [0.4, 0.5) is 10.1 Å². The van der Waals surface area contributed by atoms with E-state index >= 15 is 0 Å². The average Bonchev–Trinajstić information content (AvgIpc) is 3.28. The zero-order valence-corrected chi connectivity index (χ0v) is 20.0. The van der Waals surface area contributed by atoms with Crippen LogP contribution in [0, 0.1) is 12.7 Å². The lowest BCUT2D eigenvalue weighted by Crippen LogP contribution is -2.49. The van der Waals surface area contributed by atoms with Crippen molar-refractivity contribution in [1.29, 1.82) is 0 Å². The first kappa shape index (κ1) is 23.0. The molecule has 2 aromatic carbocycles. The van der Waals surface area contributed by atoms with Crippen LogP contribution in [0.1, 0.15) is 12.2 Å². The molecule has 35 heavy (non-hydrogen) atoms. The number of fused-ring (bicyclic) bond motifs is 1. The predicted octanol–water partition coefficient (Wildman–Crippen LogP) is 3.42. The summed E-state index contributed by atoms with van der Waals surface area (Å²) < 4.78 is 16.3. The van der Waals surface area contributed by atoms with E-state index < -0.39 is 0 Å². The molecule has 1 fully saturated rings. The van der Waals surface area contributed by atoms with E-state index in [1.54, 1.807) is 19.1 Å². The Morgan fingerprint density at radius 2 is 1.77 bits per heavy atom. The maximum absolute atomic E-state index is 13.3. The summed E-state index contributed by atoms with van der Waals surface area (Å²) in [5, 5.41) is 5.32. The number of hydrogen-bond acceptors (Lipinski definition) is 5. The molecule has 0 N–H and O–H groups in total. The summed E-state index contributed by atoms with van der Waals surface area (Å²) in [5.41, 5.74) is 1.73. The highest BCUT2D eigenvalue weighted by atomic mass is 35.5. The molecule has 4 aromatic rings. The van der Waals surface area contributed by atoms with Crippen LogP contribution >= 0.6 is 11.6 Å². The van der Waals surface area contributed by atoms with E-state index in [-0.39, 0.29) is 30.2 Å². The standard InChI is InChI=1S/C25H24ClFN6O2/c1-17-29-24-20(16-28-33(24)19-8-6-18(27)7-9-19)25(35)32(17)11-10-23(34)31-14-12-30(13-15-31)22-5-3-2-4-21(22)26/h2-9,16H,10-15H2,1H3. The molecule has 1 saturated heterocycles. The van der Waals surface area contributed by atoms with E-state index in [0.717, 1.165) is 5.69 Å². The summed E-state index contributed by atoms with van der Waals surface area (Å²) in [6, 6.07) is 13.5. The van der Waals surface area contributed by atoms with E-state index in [9.17, 15) is 14.0 Å². The van der Waals surface area contributed by atoms with Gasteiger partial charge in [0.25, 0.3) is 5.56 Å². The van der Waals surface area contributed by atoms with Gasteiger partial charge in [0.15, 0.2) is 5.65 Å². The number of amides is 1. The molecule has 1 aliphatic rings. The van der Waals surface area contributed by atoms with Crippen molar-refractivity contribution in [2.75, 3.05) is 31.1 Å². The summed E-state index contributed by atoms with van der Waals surface area (Å²) in [7, 11) is 0. The molecule has 0 saturated carbocycles. The van der Waals surface area contributed by atoms with Gasteiger partial charge in [-0.2, -0.15) is 5.10 Å². The van der Waals surface area contributed by atoms with Gasteiger partial charge in [-0.3, -0.25) is 14.2 Å². The van der Waals surface area contributed by atoms with Crippen molar-refractivity contribution < 1.29 is 9.18 Å². The molecule has 1 aliphatic heterocycles. The van der Waals surface area contributed by atoms with Gasteiger partial charge >= 0.3 is 0 Å². The molecule has 10 heteroatoms. The van der Waals surface area contributed by atoms with Crippen molar-refractivity contribution in [1.82, 2.24) is 24.2 Å². The number of anilines is 1. The normalized spacial score (nSPS) is 14.0. The maximum Gasteiger partial charge on any atom is 0.264 e. The van der Waals surface area contributed by atoms with E-state index in [0.29, 0.717) is 53.7 Å². The van der Waals surface area contributed by atoms with Crippen LogP contribution in [0.15, 0.2) is 59.5 Å². The van der Waals surface area contributed by atoms with Crippen molar-refractivity contribution in [2.24, 2.45) is 0 Å². The molecular formula is C25H24ClFN6O2. The first-order valence-corrected chi connectivity index (χ1v) is 11.8. The first-order valence-electron chi connectivity index (χ1n) is 11.4. The van der Waals surface area contributed by atoms with Gasteiger partial charge in [0, 0.05) is 39.1 Å². The highest BCUT2D eigenvalue weighted by molar-refractivity contribution is 6.33. The molecule has 8 nitrogen and oxygen atoms in total. The van der Waals surface area contributed by atoms with Crippen molar-refractivity contribution >= 4 is 34.2 Å². The zero-order valence-electron chi connectivity index (χ0n) is 19.2. The Kier molecular flexibility index (Phi) is 6.25. The number of carbonyl (C=O) groups excluding carboxylic acids is 1. The molecule has 0 aliphatic carbocycles. The SMILES string of the molecule is Cc1nc2c(cnn2-c2ccc(F)cc2)c(=O)n1CCC(=O)N1CCN(c2ccccc2Cl)CC1. The molecule has 3 heterocycles. The van der Waals surface area contributed by atoms with Crippen LogP contribution in [0.25, 0.3) is 16.7 Å². The lowest BCUT2D eigenvalue weighted by atomic mass is 10.2. The smallest absolute Gasteiger partial charge is 0.264 e. The molecule has 2 aromatic heterocycles. The minimum Gasteiger partial charge on any atom is -0.367 e. The van der Waals surface area contributed by atoms with Gasteiger partial charge in [-0.15, -0.1) is 0 Å². The second-order valence-electron chi connectivity index (χ2n) is 8.46. The van der Waals surface area contributed by atoms with Gasteiger partial charge in [-0.25, -0.2) is 14.1 Å². The number of carbonyl (C=O) groups is 1. The number of aryl methyl sites for hydroxylation is 1. The quantitative estimate of drug-likeness (QED) is 0.425. The number of hydrogen-bond donors (Lipinski definition) is 0. The number of para-hydroxylation sites is 1. The topological polar surface area (TPSA) is 76.3 Å². The van der Waals surface area contributed by atoms with E-state index in [2.05, 4.69) is 15.0 Å². The largest absolute Gasteiger partial charge is 0.367 e. The lowest BCUT2D eigenvalue weighted by molar-refractivity contribution is -0.131. The van der Waals surface area contributed by atoms with Gasteiger partial charge in [0.1, 0.15) is 17.0 Å². The second-order valence-corrected chi connectivity index (χ2v) is 8.86. The Labute approximate surface area is 206 Å². The van der Waals surface area contributed by atoms with Gasteiger partial charge in [0.05, 0.1) is 22.6 Å². The Morgan fingerprint density at radius 1 is 1.06 bits per heavy atom. The van der Waals surface area contributed by atoms with E-state index in [4.69, 9.17) is 11.6 Å². The van der Waals surface area contributed by atoms with Gasteiger partial charge in [-0.05, 0) is 43.3 Å². The highest BCUT2D eigenvalue weighted by Crippen LogP contribution is 2.26. The Hall–Kier alpha value is -3.72. The van der Waals surface area contributed by atoms with Crippen LogP contribution < -0.4 is 10.5 Å². The minimum absolute atomic E-state index is 0.00258. The first-order chi connectivity index (χ1) is 16.9. The third kappa shape index (κ3) is 4.51. The maximum atomic E-state index is 13.3. The van der Waals surface area contributed by atoms with Crippen LogP contribution in [0.5, 0.6) is 0 Å². The van der Waals surface area contributed by atoms with Gasteiger partial charge in [0.2, 0.25) is 5.91 Å². The number of halogens is 2.